The molecule has 89 heavy (non-hydrogen) atoms. The highest BCUT2D eigenvalue weighted by Crippen LogP contribution is 2.26. The molecule has 0 aliphatic carbocycles. The first kappa shape index (κ1) is 76.7. The Balaban J connectivity index is 1.29. The summed E-state index contributed by atoms with van der Waals surface area (Å²) in [6.07, 6.45) is 56.6. The molecule has 0 fully saturated rings. The van der Waals surface area contributed by atoms with Gasteiger partial charge in [-0.15, -0.1) is 0 Å². The van der Waals surface area contributed by atoms with E-state index in [1.165, 1.54) is 121 Å². The zero-order valence-electron chi connectivity index (χ0n) is 54.9. The first-order valence-corrected chi connectivity index (χ1v) is 33.9. The lowest BCUT2D eigenvalue weighted by Crippen LogP contribution is -2.42. The van der Waals surface area contributed by atoms with Crippen LogP contribution in [0.25, 0.3) is 11.2 Å². The lowest BCUT2D eigenvalue weighted by atomic mass is 9.98. The van der Waals surface area contributed by atoms with E-state index in [9.17, 15) is 29.4 Å². The van der Waals surface area contributed by atoms with Crippen LogP contribution < -0.4 is 32.7 Å². The molecule has 0 spiro atoms. The van der Waals surface area contributed by atoms with Gasteiger partial charge in [0.25, 0.3) is 11.5 Å². The maximum Gasteiger partial charge on any atom is 0.326 e. The van der Waals surface area contributed by atoms with Crippen LogP contribution in [0.3, 0.4) is 0 Å². The van der Waals surface area contributed by atoms with Crippen molar-refractivity contribution < 1.29 is 29.3 Å². The number of nitrogens with one attached hydrogen (secondary N) is 5. The number of nitrogens with zero attached hydrogens (tertiary/aromatic N) is 6. The number of nitrogen functional groups attached to an aromatic ring is 1. The number of unbranched alkanes of at least 4 members (excludes halogenated alkanes) is 21. The van der Waals surface area contributed by atoms with Crippen LogP contribution in [0, 0.1) is 0 Å². The molecule has 496 valence electrons. The van der Waals surface area contributed by atoms with Gasteiger partial charge in [0, 0.05) is 56.9 Å². The number of hydrogen-bond donors (Lipinski definition) is 8. The number of aliphatic carboxylic acids is 1. The number of hydrogen-bond acceptors (Lipinski definition) is 15. The molecule has 9 N–H and O–H groups in total. The molecule has 0 bridgehead atoms. The molecule has 0 unspecified atom stereocenters. The molecule has 0 saturated carbocycles. The largest absolute Gasteiger partial charge is 0.480 e. The Morgan fingerprint density at radius 2 is 1.28 bits per heavy atom. The van der Waals surface area contributed by atoms with Gasteiger partial charge in [0.1, 0.15) is 6.04 Å². The minimum absolute atomic E-state index is 0.0529. The molecule has 2 heterocycles. The summed E-state index contributed by atoms with van der Waals surface area (Å²) in [6.45, 7) is 7.90. The number of aromatic amines is 1. The Kier molecular flexibility index (Phi) is 43.3. The number of fused-ring (bicyclic) bond motifs is 1. The number of ether oxygens (including phenoxy) is 1. The summed E-state index contributed by atoms with van der Waals surface area (Å²) in [5, 5.41) is 34.3. The molecule has 3 rings (SSSR count). The number of aromatic nitrogens is 4. The van der Waals surface area contributed by atoms with Crippen molar-refractivity contribution in [3.8, 4) is 0 Å². The summed E-state index contributed by atoms with van der Waals surface area (Å²) < 4.78 is 6.36. The van der Waals surface area contributed by atoms with Crippen LogP contribution >= 0.6 is 0 Å². The van der Waals surface area contributed by atoms with E-state index in [1.807, 2.05) is 0 Å². The van der Waals surface area contributed by atoms with E-state index in [2.05, 4.69) is 126 Å². The number of H-pyrrole nitrogens is 1. The van der Waals surface area contributed by atoms with Gasteiger partial charge in [0.15, 0.2) is 17.0 Å². The molecule has 1 atom stereocenters. The van der Waals surface area contributed by atoms with Crippen molar-refractivity contribution in [2.75, 3.05) is 57.9 Å². The monoisotopic (exact) mass is 1230 g/mol. The zero-order valence-corrected chi connectivity index (χ0v) is 54.9. The maximum absolute atomic E-state index is 13.0. The third-order valence-electron chi connectivity index (χ3n) is 15.5. The number of carbonyl (C=O) groups excluding carboxylic acids is 2. The smallest absolute Gasteiger partial charge is 0.326 e. The quantitative estimate of drug-likeness (QED) is 0.00858. The Morgan fingerprint density at radius 1 is 0.730 bits per heavy atom. The second-order valence-electron chi connectivity index (χ2n) is 23.5. The molecule has 3 aromatic rings. The molecule has 2 amide bonds. The number of hydrazone groups is 1. The summed E-state index contributed by atoms with van der Waals surface area (Å²) in [4.78, 5) is 71.8. The van der Waals surface area contributed by atoms with Crippen LogP contribution in [0.4, 0.5) is 11.6 Å². The van der Waals surface area contributed by atoms with Crippen molar-refractivity contribution in [2.45, 2.75) is 244 Å². The average molecular weight is 1240 g/mol. The van der Waals surface area contributed by atoms with Gasteiger partial charge in [-0.2, -0.15) is 10.1 Å². The summed E-state index contributed by atoms with van der Waals surface area (Å²) in [5.41, 5.74) is 9.87. The minimum Gasteiger partial charge on any atom is -0.480 e. The van der Waals surface area contributed by atoms with Crippen LogP contribution in [0.2, 0.25) is 0 Å². The number of aliphatic hydroxyl groups is 1. The number of carbonyl (C=O) groups is 3. The SMILES string of the molecule is CCCCC/C=C\C/C=C\CCCCCCCCC(O)(CCCCCCCC/C=C\C/C=C\CCCCC)OCCCN(C)CCCCCCN=CC(CNC(=O)CC[C@H](NC(=O)c1ccc(NCc2cnc3nc(N)[nH]c(=O)c3n2)cc1)C(=O)O)=NNC. The molecule has 0 saturated heterocycles. The van der Waals surface area contributed by atoms with Crippen molar-refractivity contribution in [1.82, 2.24) is 40.9 Å². The van der Waals surface area contributed by atoms with Gasteiger partial charge in [0.05, 0.1) is 37.3 Å². The van der Waals surface area contributed by atoms with Gasteiger partial charge in [-0.05, 0) is 141 Å². The fraction of sp³-hybridized carbons (Fsp3) is 0.643. The number of carboxylic acids is 1. The zero-order chi connectivity index (χ0) is 64.3. The number of rotatable bonds is 55. The van der Waals surface area contributed by atoms with Crippen molar-refractivity contribution in [3.05, 3.63) is 101 Å². The molecule has 2 aromatic heterocycles. The number of nitrogens with two attached hydrogens (primary N) is 1. The second-order valence-corrected chi connectivity index (χ2v) is 23.5. The van der Waals surface area contributed by atoms with Crippen molar-refractivity contribution in [2.24, 2.45) is 10.1 Å². The van der Waals surface area contributed by atoms with E-state index in [0.717, 1.165) is 96.6 Å². The summed E-state index contributed by atoms with van der Waals surface area (Å²) >= 11 is 0. The Morgan fingerprint density at radius 3 is 1.87 bits per heavy atom. The fourth-order valence-electron chi connectivity index (χ4n) is 10.2. The van der Waals surface area contributed by atoms with Crippen LogP contribution in [-0.4, -0.2) is 123 Å². The Bertz CT molecular complexity index is 2570. The molecular formula is C70H114N12O7. The van der Waals surface area contributed by atoms with Crippen LogP contribution in [0.5, 0.6) is 0 Å². The predicted octanol–water partition coefficient (Wildman–Crippen LogP) is 13.6. The predicted molar refractivity (Wildman–Crippen MR) is 367 cm³/mol. The maximum atomic E-state index is 13.0. The number of amides is 2. The summed E-state index contributed by atoms with van der Waals surface area (Å²) in [7, 11) is 3.82. The van der Waals surface area contributed by atoms with Gasteiger partial charge < -0.3 is 47.0 Å². The standard InChI is InChI=1S/C70H114N12O7/c1-5-7-9-11-13-15-17-19-21-23-25-27-29-31-33-37-48-70(88,49-38-34-32-30-28-26-24-22-20-18-16-14-12-10-8-6-2)89-53-41-52-82(4)51-40-36-35-39-50-73-54-61(81-72-3)57-75-63(83)47-46-62(68(86)87)78-66(84)58-42-44-59(45-43-58)74-55-60-56-76-65-64(77-60)67(85)80-69(71)79-65/h13-16,19-22,42-45,54,56,62,72,74,88H,5-12,17-18,23-41,46-53,55,57H2,1-4H3,(H,75,83)(H,78,84)(H,86,87)(H3,71,76,79,80,85)/b15-13-,16-14-,21-19-,22-20-,73-54?,81-61?/t62-/m0/s1. The first-order chi connectivity index (χ1) is 43.4. The third-order valence-corrected chi connectivity index (χ3v) is 15.5. The average Bonchev–Trinajstić information content (AvgIpc) is 3.41. The van der Waals surface area contributed by atoms with Crippen LogP contribution in [-0.2, 0) is 20.9 Å². The molecule has 0 aliphatic rings. The van der Waals surface area contributed by atoms with Crippen LogP contribution in [0.15, 0.2) is 94.0 Å². The topological polar surface area (TPSA) is 275 Å². The van der Waals surface area contributed by atoms with Gasteiger partial charge in [-0.3, -0.25) is 24.4 Å². The summed E-state index contributed by atoms with van der Waals surface area (Å²) in [6, 6.07) is 5.07. The highest BCUT2D eigenvalue weighted by atomic mass is 16.6. The van der Waals surface area contributed by atoms with Crippen molar-refractivity contribution >= 4 is 52.5 Å². The fourth-order valence-corrected chi connectivity index (χ4v) is 10.2. The number of carboxylic acid groups (broad SMARTS) is 1. The van der Waals surface area contributed by atoms with Gasteiger partial charge in [0.2, 0.25) is 11.9 Å². The van der Waals surface area contributed by atoms with E-state index >= 15 is 0 Å². The van der Waals surface area contributed by atoms with Gasteiger partial charge in [-0.25, -0.2) is 14.8 Å². The van der Waals surface area contributed by atoms with Gasteiger partial charge >= 0.3 is 5.97 Å². The van der Waals surface area contributed by atoms with Crippen molar-refractivity contribution in [1.29, 1.82) is 0 Å². The number of anilines is 2. The van der Waals surface area contributed by atoms with E-state index in [0.29, 0.717) is 43.1 Å². The highest BCUT2D eigenvalue weighted by Gasteiger charge is 2.27. The molecule has 1 aromatic carbocycles. The van der Waals surface area contributed by atoms with E-state index in [4.69, 9.17) is 10.5 Å². The van der Waals surface area contributed by atoms with E-state index in [1.54, 1.807) is 25.4 Å². The number of aliphatic imine (C=N–C) groups is 1. The molecule has 0 radical (unpaired) electrons. The number of benzene rings is 1. The highest BCUT2D eigenvalue weighted by molar-refractivity contribution is 6.31. The molecule has 19 nitrogen and oxygen atoms in total. The second kappa shape index (κ2) is 50.2. The van der Waals surface area contributed by atoms with E-state index < -0.39 is 35.2 Å². The normalized spacial score (nSPS) is 12.7. The Labute approximate surface area is 533 Å². The van der Waals surface area contributed by atoms with Crippen LogP contribution in [0.1, 0.15) is 242 Å². The Hall–Kier alpha value is -6.57. The van der Waals surface area contributed by atoms with Crippen molar-refractivity contribution in [3.63, 3.8) is 0 Å². The van der Waals surface area contributed by atoms with Gasteiger partial charge in [-0.1, -0.05) is 152 Å². The van der Waals surface area contributed by atoms with E-state index in [-0.39, 0.29) is 48.6 Å². The molecular weight excluding hydrogens is 1120 g/mol. The summed E-state index contributed by atoms with van der Waals surface area (Å²) in [5.74, 6) is -3.36. The minimum atomic E-state index is -1.30. The molecule has 19 heteroatoms. The third kappa shape index (κ3) is 38.6. The lowest BCUT2D eigenvalue weighted by Gasteiger charge is -2.29. The lowest BCUT2D eigenvalue weighted by molar-refractivity contribution is -0.214. The number of allylic oxidation sites excluding steroid dienone is 8. The first-order valence-electron chi connectivity index (χ1n) is 33.9. The molecule has 0 aliphatic heterocycles.